The van der Waals surface area contributed by atoms with Gasteiger partial charge < -0.3 is 19.7 Å². The molecule has 6 heteroatoms. The van der Waals surface area contributed by atoms with E-state index in [-0.39, 0.29) is 18.6 Å². The molecule has 2 aromatic rings. The number of carbonyl (C=O) groups is 2. The van der Waals surface area contributed by atoms with Crippen LogP contribution in [0.15, 0.2) is 42.5 Å². The van der Waals surface area contributed by atoms with E-state index in [1.807, 2.05) is 29.2 Å². The van der Waals surface area contributed by atoms with Crippen LogP contribution in [0.25, 0.3) is 0 Å². The van der Waals surface area contributed by atoms with Crippen molar-refractivity contribution in [3.8, 4) is 11.5 Å². The van der Waals surface area contributed by atoms with Crippen molar-refractivity contribution in [2.24, 2.45) is 0 Å². The molecule has 5 rings (SSSR count). The normalized spacial score (nSPS) is 19.4. The van der Waals surface area contributed by atoms with Gasteiger partial charge in [0.2, 0.25) is 12.7 Å². The van der Waals surface area contributed by atoms with E-state index in [0.29, 0.717) is 43.0 Å². The van der Waals surface area contributed by atoms with Crippen molar-refractivity contribution in [2.75, 3.05) is 25.2 Å². The summed E-state index contributed by atoms with van der Waals surface area (Å²) in [6.45, 7) is 1.29. The standard InChI is InChI=1S/C20H18N2O4/c23-18(13-5-6-16-17(11-13)26-12-25-16)22-9-7-20(8-10-22)14-3-1-2-4-15(14)21-19(20)24/h1-6,11H,7-10,12H2,(H,21,24). The van der Waals surface area contributed by atoms with Crippen molar-refractivity contribution < 1.29 is 19.1 Å². The highest BCUT2D eigenvalue weighted by atomic mass is 16.7. The van der Waals surface area contributed by atoms with Crippen LogP contribution < -0.4 is 14.8 Å². The zero-order valence-electron chi connectivity index (χ0n) is 14.2. The van der Waals surface area contributed by atoms with Crippen LogP contribution in [0.3, 0.4) is 0 Å². The molecule has 0 aromatic heterocycles. The van der Waals surface area contributed by atoms with Crippen molar-refractivity contribution in [2.45, 2.75) is 18.3 Å². The topological polar surface area (TPSA) is 67.9 Å². The zero-order chi connectivity index (χ0) is 17.7. The summed E-state index contributed by atoms with van der Waals surface area (Å²) in [4.78, 5) is 27.3. The largest absolute Gasteiger partial charge is 0.454 e. The summed E-state index contributed by atoms with van der Waals surface area (Å²) >= 11 is 0. The van der Waals surface area contributed by atoms with Crippen molar-refractivity contribution in [3.63, 3.8) is 0 Å². The Balaban J connectivity index is 1.36. The first kappa shape index (κ1) is 15.3. The number of carbonyl (C=O) groups excluding carboxylic acids is 2. The molecule has 3 heterocycles. The maximum Gasteiger partial charge on any atom is 0.253 e. The van der Waals surface area contributed by atoms with E-state index in [9.17, 15) is 9.59 Å². The highest BCUT2D eigenvalue weighted by Gasteiger charge is 2.48. The Kier molecular flexibility index (Phi) is 3.22. The first-order valence-electron chi connectivity index (χ1n) is 8.77. The van der Waals surface area contributed by atoms with Crippen molar-refractivity contribution in [3.05, 3.63) is 53.6 Å². The number of fused-ring (bicyclic) bond motifs is 3. The molecule has 0 bridgehead atoms. The van der Waals surface area contributed by atoms with E-state index < -0.39 is 5.41 Å². The maximum absolute atomic E-state index is 12.9. The Bertz CT molecular complexity index is 916. The van der Waals surface area contributed by atoms with E-state index in [1.165, 1.54) is 0 Å². The number of para-hydroxylation sites is 1. The van der Waals surface area contributed by atoms with Crippen molar-refractivity contribution in [1.82, 2.24) is 4.90 Å². The molecule has 132 valence electrons. The molecule has 3 aliphatic heterocycles. The van der Waals surface area contributed by atoms with Gasteiger partial charge in [-0.05, 0) is 42.7 Å². The molecule has 0 radical (unpaired) electrons. The zero-order valence-corrected chi connectivity index (χ0v) is 14.2. The molecular weight excluding hydrogens is 332 g/mol. The third kappa shape index (κ3) is 2.11. The van der Waals surface area contributed by atoms with Gasteiger partial charge in [-0.2, -0.15) is 0 Å². The van der Waals surface area contributed by atoms with Gasteiger partial charge in [0.15, 0.2) is 11.5 Å². The number of benzene rings is 2. The van der Waals surface area contributed by atoms with Gasteiger partial charge in [-0.15, -0.1) is 0 Å². The lowest BCUT2D eigenvalue weighted by Gasteiger charge is -2.38. The minimum absolute atomic E-state index is 0.0372. The summed E-state index contributed by atoms with van der Waals surface area (Å²) in [5.74, 6) is 1.28. The van der Waals surface area contributed by atoms with Gasteiger partial charge in [0, 0.05) is 24.3 Å². The van der Waals surface area contributed by atoms with Gasteiger partial charge in [-0.3, -0.25) is 9.59 Å². The first-order valence-corrected chi connectivity index (χ1v) is 8.77. The SMILES string of the molecule is O=C(c1ccc2c(c1)OCO2)N1CCC2(CC1)C(=O)Nc1ccccc12. The fourth-order valence-corrected chi connectivity index (χ4v) is 4.17. The molecule has 26 heavy (non-hydrogen) atoms. The van der Waals surface area contributed by atoms with E-state index >= 15 is 0 Å². The number of anilines is 1. The van der Waals surface area contributed by atoms with Crippen molar-refractivity contribution >= 4 is 17.5 Å². The van der Waals surface area contributed by atoms with Gasteiger partial charge >= 0.3 is 0 Å². The summed E-state index contributed by atoms with van der Waals surface area (Å²) in [5.41, 5.74) is 2.03. The number of hydrogen-bond acceptors (Lipinski definition) is 4. The second-order valence-electron chi connectivity index (χ2n) is 6.94. The Hall–Kier alpha value is -3.02. The minimum atomic E-state index is -0.512. The lowest BCUT2D eigenvalue weighted by Crippen LogP contribution is -2.48. The molecule has 3 aliphatic rings. The number of nitrogens with one attached hydrogen (secondary N) is 1. The van der Waals surface area contributed by atoms with Crippen LogP contribution in [0, 0.1) is 0 Å². The highest BCUT2D eigenvalue weighted by Crippen LogP contribution is 2.45. The molecule has 1 saturated heterocycles. The summed E-state index contributed by atoms with van der Waals surface area (Å²) in [6, 6.07) is 13.1. The fourth-order valence-electron chi connectivity index (χ4n) is 4.17. The quantitative estimate of drug-likeness (QED) is 0.858. The lowest BCUT2D eigenvalue weighted by atomic mass is 9.73. The molecule has 2 amide bonds. The Morgan fingerprint density at radius 2 is 1.81 bits per heavy atom. The second-order valence-corrected chi connectivity index (χ2v) is 6.94. The third-order valence-electron chi connectivity index (χ3n) is 5.65. The molecule has 0 unspecified atom stereocenters. The third-order valence-corrected chi connectivity index (χ3v) is 5.65. The molecule has 1 N–H and O–H groups in total. The predicted octanol–water partition coefficient (Wildman–Crippen LogP) is 2.54. The molecule has 1 fully saturated rings. The van der Waals surface area contributed by atoms with Crippen LogP contribution in [0.2, 0.25) is 0 Å². The number of hydrogen-bond donors (Lipinski definition) is 1. The number of piperidine rings is 1. The maximum atomic E-state index is 12.9. The summed E-state index contributed by atoms with van der Waals surface area (Å²) in [7, 11) is 0. The van der Waals surface area contributed by atoms with Crippen LogP contribution >= 0.6 is 0 Å². The van der Waals surface area contributed by atoms with E-state index in [2.05, 4.69) is 5.32 Å². The number of likely N-dealkylation sites (tertiary alicyclic amines) is 1. The number of amides is 2. The van der Waals surface area contributed by atoms with Crippen LogP contribution in [-0.2, 0) is 10.2 Å². The van der Waals surface area contributed by atoms with Crippen LogP contribution in [0.1, 0.15) is 28.8 Å². The number of rotatable bonds is 1. The summed E-state index contributed by atoms with van der Waals surface area (Å²) in [6.07, 6.45) is 1.26. The van der Waals surface area contributed by atoms with Gasteiger partial charge in [0.25, 0.3) is 5.91 Å². The molecule has 2 aromatic carbocycles. The average molecular weight is 350 g/mol. The fraction of sp³-hybridized carbons (Fsp3) is 0.300. The molecule has 0 aliphatic carbocycles. The molecule has 1 spiro atoms. The number of ether oxygens (including phenoxy) is 2. The predicted molar refractivity (Wildman–Crippen MR) is 94.5 cm³/mol. The minimum Gasteiger partial charge on any atom is -0.454 e. The van der Waals surface area contributed by atoms with Gasteiger partial charge in [0.1, 0.15) is 0 Å². The second kappa shape index (κ2) is 5.49. The average Bonchev–Trinajstić information content (AvgIpc) is 3.25. The molecule has 0 atom stereocenters. The van der Waals surface area contributed by atoms with E-state index in [0.717, 1.165) is 11.3 Å². The summed E-state index contributed by atoms with van der Waals surface area (Å²) < 4.78 is 10.7. The van der Waals surface area contributed by atoms with Crippen LogP contribution in [0.4, 0.5) is 5.69 Å². The Labute approximate surface area is 150 Å². The van der Waals surface area contributed by atoms with Gasteiger partial charge in [0.05, 0.1) is 5.41 Å². The van der Waals surface area contributed by atoms with Crippen molar-refractivity contribution in [1.29, 1.82) is 0 Å². The monoisotopic (exact) mass is 350 g/mol. The van der Waals surface area contributed by atoms with Gasteiger partial charge in [-0.1, -0.05) is 18.2 Å². The van der Waals surface area contributed by atoms with E-state index in [4.69, 9.17) is 9.47 Å². The molecular formula is C20H18N2O4. The van der Waals surface area contributed by atoms with Crippen LogP contribution in [-0.4, -0.2) is 36.6 Å². The number of nitrogens with zero attached hydrogens (tertiary/aromatic N) is 1. The van der Waals surface area contributed by atoms with E-state index in [1.54, 1.807) is 18.2 Å². The molecule has 0 saturated carbocycles. The van der Waals surface area contributed by atoms with Gasteiger partial charge in [-0.25, -0.2) is 0 Å². The Morgan fingerprint density at radius 1 is 1.04 bits per heavy atom. The lowest BCUT2D eigenvalue weighted by molar-refractivity contribution is -0.122. The first-order chi connectivity index (χ1) is 12.7. The van der Waals surface area contributed by atoms with Crippen LogP contribution in [0.5, 0.6) is 11.5 Å². The Morgan fingerprint density at radius 3 is 2.65 bits per heavy atom. The summed E-state index contributed by atoms with van der Waals surface area (Å²) in [5, 5.41) is 2.99. The highest BCUT2D eigenvalue weighted by molar-refractivity contribution is 6.06. The smallest absolute Gasteiger partial charge is 0.253 e. The molecule has 6 nitrogen and oxygen atoms in total.